The average molecular weight is 267 g/mol. The predicted molar refractivity (Wildman–Crippen MR) is 73.2 cm³/mol. The molecule has 4 nitrogen and oxygen atoms in total. The van der Waals surface area contributed by atoms with Crippen LogP contribution in [0.3, 0.4) is 0 Å². The van der Waals surface area contributed by atoms with Crippen LogP contribution in [0.5, 0.6) is 0 Å². The predicted octanol–water partition coefficient (Wildman–Crippen LogP) is 1.83. The lowest BCUT2D eigenvalue weighted by Crippen LogP contribution is -2.39. The number of carbonyl (C=O) groups is 1. The molecule has 1 fully saturated rings. The summed E-state index contributed by atoms with van der Waals surface area (Å²) in [6, 6.07) is 0. The number of nitrogens with two attached hydrogens (primary N) is 1. The molecule has 1 saturated carbocycles. The Hall–Kier alpha value is -0.940. The van der Waals surface area contributed by atoms with Crippen molar-refractivity contribution in [3.8, 4) is 0 Å². The van der Waals surface area contributed by atoms with Crippen molar-refractivity contribution in [1.82, 2.24) is 10.3 Å². The van der Waals surface area contributed by atoms with Gasteiger partial charge >= 0.3 is 0 Å². The van der Waals surface area contributed by atoms with E-state index in [4.69, 9.17) is 5.73 Å². The fourth-order valence-electron chi connectivity index (χ4n) is 2.63. The number of nitrogens with one attached hydrogen (secondary N) is 1. The number of aromatic nitrogens is 1. The second kappa shape index (κ2) is 6.29. The maximum absolute atomic E-state index is 12.2. The molecule has 1 heterocycles. The molecule has 0 aromatic carbocycles. The molecule has 0 aliphatic heterocycles. The zero-order valence-corrected chi connectivity index (χ0v) is 11.6. The molecule has 1 aromatic rings. The number of thiazole rings is 1. The minimum absolute atomic E-state index is 0.100. The first-order chi connectivity index (χ1) is 8.70. The van der Waals surface area contributed by atoms with Gasteiger partial charge in [0.15, 0.2) is 0 Å². The van der Waals surface area contributed by atoms with Crippen molar-refractivity contribution in [2.75, 3.05) is 6.54 Å². The molecular formula is C13H21N3OS. The molecule has 1 aliphatic rings. The largest absolute Gasteiger partial charge is 0.350 e. The molecule has 1 aliphatic carbocycles. The highest BCUT2D eigenvalue weighted by Gasteiger charge is 2.29. The first-order valence-electron chi connectivity index (χ1n) is 6.59. The van der Waals surface area contributed by atoms with Crippen LogP contribution in [0.2, 0.25) is 0 Å². The third kappa shape index (κ3) is 3.29. The molecule has 5 heteroatoms. The van der Waals surface area contributed by atoms with Crippen molar-refractivity contribution in [2.45, 2.75) is 39.2 Å². The minimum Gasteiger partial charge on any atom is -0.350 e. The minimum atomic E-state index is 0.100. The molecule has 0 saturated heterocycles. The van der Waals surface area contributed by atoms with Crippen LogP contribution in [0.1, 0.15) is 36.4 Å². The summed E-state index contributed by atoms with van der Waals surface area (Å²) in [7, 11) is 0. The van der Waals surface area contributed by atoms with Gasteiger partial charge < -0.3 is 11.1 Å². The van der Waals surface area contributed by atoms with Crippen LogP contribution >= 0.6 is 11.3 Å². The molecule has 0 radical (unpaired) electrons. The summed E-state index contributed by atoms with van der Waals surface area (Å²) >= 11 is 1.61. The highest BCUT2D eigenvalue weighted by atomic mass is 32.1. The number of hydrogen-bond donors (Lipinski definition) is 2. The summed E-state index contributed by atoms with van der Waals surface area (Å²) in [5, 5.41) is 6.03. The van der Waals surface area contributed by atoms with Crippen molar-refractivity contribution in [2.24, 2.45) is 17.6 Å². The third-order valence-corrected chi connectivity index (χ3v) is 4.48. The highest BCUT2D eigenvalue weighted by Crippen LogP contribution is 2.29. The van der Waals surface area contributed by atoms with Crippen LogP contribution in [-0.2, 0) is 11.3 Å². The van der Waals surface area contributed by atoms with E-state index in [0.717, 1.165) is 30.0 Å². The van der Waals surface area contributed by atoms with Crippen LogP contribution in [0, 0.1) is 18.8 Å². The summed E-state index contributed by atoms with van der Waals surface area (Å²) < 4.78 is 0. The summed E-state index contributed by atoms with van der Waals surface area (Å²) in [5.74, 6) is 0.607. The van der Waals surface area contributed by atoms with Crippen molar-refractivity contribution < 1.29 is 4.79 Å². The molecule has 0 spiro atoms. The Labute approximate surface area is 112 Å². The molecule has 0 bridgehead atoms. The molecule has 100 valence electrons. The molecular weight excluding hydrogens is 246 g/mol. The SMILES string of the molecule is Cc1nc(CNC(=O)C2CCCCC2CN)cs1. The van der Waals surface area contributed by atoms with Gasteiger partial charge in [-0.1, -0.05) is 12.8 Å². The van der Waals surface area contributed by atoms with Crippen molar-refractivity contribution in [3.63, 3.8) is 0 Å². The van der Waals surface area contributed by atoms with Crippen LogP contribution < -0.4 is 11.1 Å². The number of amides is 1. The molecule has 3 N–H and O–H groups in total. The summed E-state index contributed by atoms with van der Waals surface area (Å²) in [6.07, 6.45) is 4.41. The Kier molecular flexibility index (Phi) is 4.72. The maximum atomic E-state index is 12.2. The monoisotopic (exact) mass is 267 g/mol. The quantitative estimate of drug-likeness (QED) is 0.874. The van der Waals surface area contributed by atoms with Crippen LogP contribution in [0.15, 0.2) is 5.38 Å². The standard InChI is InChI=1S/C13H21N3OS/c1-9-16-11(8-18-9)7-15-13(17)12-5-3-2-4-10(12)6-14/h8,10,12H,2-7,14H2,1H3,(H,15,17). The van der Waals surface area contributed by atoms with E-state index < -0.39 is 0 Å². The number of nitrogens with zero attached hydrogens (tertiary/aromatic N) is 1. The summed E-state index contributed by atoms with van der Waals surface area (Å²) in [5.41, 5.74) is 6.70. The Bertz CT molecular complexity index is 405. The van der Waals surface area contributed by atoms with Crippen LogP contribution in [-0.4, -0.2) is 17.4 Å². The van der Waals surface area contributed by atoms with Crippen molar-refractivity contribution in [1.29, 1.82) is 0 Å². The van der Waals surface area contributed by atoms with Gasteiger partial charge in [0, 0.05) is 11.3 Å². The zero-order valence-electron chi connectivity index (χ0n) is 10.8. The zero-order chi connectivity index (χ0) is 13.0. The number of rotatable bonds is 4. The van der Waals surface area contributed by atoms with Gasteiger partial charge in [-0.25, -0.2) is 4.98 Å². The highest BCUT2D eigenvalue weighted by molar-refractivity contribution is 7.09. The van der Waals surface area contributed by atoms with Gasteiger partial charge in [-0.2, -0.15) is 0 Å². The smallest absolute Gasteiger partial charge is 0.223 e. The fourth-order valence-corrected chi connectivity index (χ4v) is 3.25. The molecule has 18 heavy (non-hydrogen) atoms. The van der Waals surface area contributed by atoms with E-state index in [9.17, 15) is 4.79 Å². The molecule has 2 rings (SSSR count). The van der Waals surface area contributed by atoms with Gasteiger partial charge in [-0.15, -0.1) is 11.3 Å². The number of hydrogen-bond acceptors (Lipinski definition) is 4. The van der Waals surface area contributed by atoms with Gasteiger partial charge in [0.25, 0.3) is 0 Å². The van der Waals surface area contributed by atoms with Gasteiger partial charge in [0.05, 0.1) is 17.2 Å². The Balaban J connectivity index is 1.86. The lowest BCUT2D eigenvalue weighted by Gasteiger charge is -2.29. The molecule has 2 atom stereocenters. The second-order valence-electron chi connectivity index (χ2n) is 4.96. The van der Waals surface area contributed by atoms with Gasteiger partial charge in [-0.05, 0) is 32.2 Å². The van der Waals surface area contributed by atoms with E-state index in [1.165, 1.54) is 6.42 Å². The van der Waals surface area contributed by atoms with E-state index in [1.54, 1.807) is 11.3 Å². The normalized spacial score (nSPS) is 23.9. The molecule has 1 amide bonds. The maximum Gasteiger partial charge on any atom is 0.223 e. The number of aryl methyl sites for hydroxylation is 1. The average Bonchev–Trinajstić information content (AvgIpc) is 2.81. The molecule has 2 unspecified atom stereocenters. The number of carbonyl (C=O) groups excluding carboxylic acids is 1. The topological polar surface area (TPSA) is 68.0 Å². The Morgan fingerprint density at radius 1 is 1.56 bits per heavy atom. The summed E-state index contributed by atoms with van der Waals surface area (Å²) in [4.78, 5) is 16.5. The van der Waals surface area contributed by atoms with E-state index >= 15 is 0 Å². The first kappa shape index (κ1) is 13.5. The van der Waals surface area contributed by atoms with Gasteiger partial charge in [0.2, 0.25) is 5.91 Å². The van der Waals surface area contributed by atoms with Crippen molar-refractivity contribution >= 4 is 17.2 Å². The van der Waals surface area contributed by atoms with E-state index in [0.29, 0.717) is 19.0 Å². The van der Waals surface area contributed by atoms with E-state index in [1.807, 2.05) is 12.3 Å². The van der Waals surface area contributed by atoms with E-state index in [2.05, 4.69) is 10.3 Å². The van der Waals surface area contributed by atoms with Gasteiger partial charge in [-0.3, -0.25) is 4.79 Å². The van der Waals surface area contributed by atoms with Crippen LogP contribution in [0.4, 0.5) is 0 Å². The first-order valence-corrected chi connectivity index (χ1v) is 7.47. The Morgan fingerprint density at radius 3 is 3.00 bits per heavy atom. The van der Waals surface area contributed by atoms with Gasteiger partial charge in [0.1, 0.15) is 0 Å². The van der Waals surface area contributed by atoms with E-state index in [-0.39, 0.29) is 11.8 Å². The van der Waals surface area contributed by atoms with Crippen LogP contribution in [0.25, 0.3) is 0 Å². The Morgan fingerprint density at radius 2 is 2.33 bits per heavy atom. The lowest BCUT2D eigenvalue weighted by atomic mass is 9.79. The molecule has 1 aromatic heterocycles. The lowest BCUT2D eigenvalue weighted by molar-refractivity contribution is -0.127. The summed E-state index contributed by atoms with van der Waals surface area (Å²) in [6.45, 7) is 3.13. The second-order valence-corrected chi connectivity index (χ2v) is 6.02. The van der Waals surface area contributed by atoms with Crippen molar-refractivity contribution in [3.05, 3.63) is 16.1 Å². The third-order valence-electron chi connectivity index (χ3n) is 3.66. The fraction of sp³-hybridized carbons (Fsp3) is 0.692.